The van der Waals surface area contributed by atoms with E-state index in [0.717, 1.165) is 24.3 Å². The van der Waals surface area contributed by atoms with Crippen molar-refractivity contribution in [3.63, 3.8) is 0 Å². The van der Waals surface area contributed by atoms with Crippen molar-refractivity contribution >= 4 is 5.69 Å². The molecular weight excluding hydrogens is 176 g/mol. The van der Waals surface area contributed by atoms with Crippen LogP contribution in [0.2, 0.25) is 0 Å². The first kappa shape index (κ1) is 8.89. The van der Waals surface area contributed by atoms with Crippen molar-refractivity contribution in [3.05, 3.63) is 23.8 Å². The van der Waals surface area contributed by atoms with Gasteiger partial charge < -0.3 is 10.1 Å². The highest BCUT2D eigenvalue weighted by Crippen LogP contribution is 2.33. The van der Waals surface area contributed by atoms with Gasteiger partial charge in [-0.1, -0.05) is 6.07 Å². The number of nitrogens with zero attached hydrogens (tertiary/aromatic N) is 1. The van der Waals surface area contributed by atoms with E-state index in [1.807, 2.05) is 12.1 Å². The summed E-state index contributed by atoms with van der Waals surface area (Å²) in [6, 6.07) is 7.66. The van der Waals surface area contributed by atoms with E-state index in [4.69, 9.17) is 10.00 Å². The fourth-order valence-corrected chi connectivity index (χ4v) is 1.35. The van der Waals surface area contributed by atoms with Crippen molar-refractivity contribution in [3.8, 4) is 11.8 Å². The van der Waals surface area contributed by atoms with Gasteiger partial charge in [-0.3, -0.25) is 0 Å². The average Bonchev–Trinajstić information content (AvgIpc) is 3.01. The number of para-hydroxylation sites is 1. The van der Waals surface area contributed by atoms with Gasteiger partial charge in [-0.15, -0.1) is 0 Å². The Morgan fingerprint density at radius 2 is 2.29 bits per heavy atom. The molecule has 2 rings (SSSR count). The lowest BCUT2D eigenvalue weighted by Crippen LogP contribution is -2.01. The van der Waals surface area contributed by atoms with E-state index < -0.39 is 0 Å². The third kappa shape index (κ3) is 1.64. The topological polar surface area (TPSA) is 45.0 Å². The van der Waals surface area contributed by atoms with Gasteiger partial charge in [-0.2, -0.15) is 5.26 Å². The minimum atomic E-state index is 0.357. The molecule has 1 fully saturated rings. The Balaban J connectivity index is 2.32. The van der Waals surface area contributed by atoms with Gasteiger partial charge in [0, 0.05) is 7.05 Å². The normalized spacial score (nSPS) is 14.6. The third-order valence-electron chi connectivity index (χ3n) is 2.21. The first-order chi connectivity index (χ1) is 6.85. The number of hydrogen-bond donors (Lipinski definition) is 1. The third-order valence-corrected chi connectivity index (χ3v) is 2.21. The highest BCUT2D eigenvalue weighted by atomic mass is 16.5. The first-order valence-electron chi connectivity index (χ1n) is 4.72. The molecule has 0 atom stereocenters. The van der Waals surface area contributed by atoms with Crippen molar-refractivity contribution < 1.29 is 4.74 Å². The molecule has 72 valence electrons. The molecule has 0 aromatic heterocycles. The Kier molecular flexibility index (Phi) is 2.28. The molecule has 14 heavy (non-hydrogen) atoms. The van der Waals surface area contributed by atoms with E-state index >= 15 is 0 Å². The van der Waals surface area contributed by atoms with Gasteiger partial charge in [-0.25, -0.2) is 0 Å². The predicted octanol–water partition coefficient (Wildman–Crippen LogP) is 2.14. The Morgan fingerprint density at radius 1 is 1.50 bits per heavy atom. The monoisotopic (exact) mass is 188 g/mol. The average molecular weight is 188 g/mol. The molecule has 0 amide bonds. The van der Waals surface area contributed by atoms with Gasteiger partial charge in [-0.05, 0) is 25.0 Å². The van der Waals surface area contributed by atoms with Gasteiger partial charge in [0.1, 0.15) is 11.8 Å². The fraction of sp³-hybridized carbons (Fsp3) is 0.364. The summed E-state index contributed by atoms with van der Waals surface area (Å²) in [6.45, 7) is 0. The van der Waals surface area contributed by atoms with E-state index in [1.54, 1.807) is 13.1 Å². The van der Waals surface area contributed by atoms with Gasteiger partial charge in [0.25, 0.3) is 0 Å². The number of nitrogens with one attached hydrogen (secondary N) is 1. The van der Waals surface area contributed by atoms with Crippen molar-refractivity contribution in [2.75, 3.05) is 12.4 Å². The van der Waals surface area contributed by atoms with Crippen LogP contribution >= 0.6 is 0 Å². The largest absolute Gasteiger partial charge is 0.488 e. The second-order valence-corrected chi connectivity index (χ2v) is 3.36. The van der Waals surface area contributed by atoms with Crippen LogP contribution in [0.4, 0.5) is 5.69 Å². The van der Waals surface area contributed by atoms with Gasteiger partial charge >= 0.3 is 0 Å². The van der Waals surface area contributed by atoms with Gasteiger partial charge in [0.15, 0.2) is 0 Å². The predicted molar refractivity (Wildman–Crippen MR) is 54.4 cm³/mol. The summed E-state index contributed by atoms with van der Waals surface area (Å²) >= 11 is 0. The van der Waals surface area contributed by atoms with Crippen LogP contribution in [0, 0.1) is 11.3 Å². The van der Waals surface area contributed by atoms with E-state index in [0.29, 0.717) is 11.7 Å². The Morgan fingerprint density at radius 3 is 2.86 bits per heavy atom. The molecule has 0 spiro atoms. The van der Waals surface area contributed by atoms with Crippen LogP contribution < -0.4 is 10.1 Å². The molecule has 0 bridgehead atoms. The molecule has 1 saturated carbocycles. The standard InChI is InChI=1S/C11H12N2O/c1-13-11-8(7-12)3-2-4-10(11)14-9-5-6-9/h2-4,9,13H,5-6H2,1H3. The number of hydrogen-bond acceptors (Lipinski definition) is 3. The number of benzene rings is 1. The van der Waals surface area contributed by atoms with E-state index in [9.17, 15) is 0 Å². The van der Waals surface area contributed by atoms with E-state index in [1.165, 1.54) is 0 Å². The maximum absolute atomic E-state index is 8.88. The Hall–Kier alpha value is -1.69. The summed E-state index contributed by atoms with van der Waals surface area (Å²) in [6.07, 6.45) is 2.61. The molecule has 0 radical (unpaired) electrons. The fourth-order valence-electron chi connectivity index (χ4n) is 1.35. The summed E-state index contributed by atoms with van der Waals surface area (Å²) < 4.78 is 5.68. The molecule has 1 aromatic rings. The molecule has 3 heteroatoms. The van der Waals surface area contributed by atoms with E-state index in [2.05, 4.69) is 11.4 Å². The number of ether oxygens (including phenoxy) is 1. The number of rotatable bonds is 3. The van der Waals surface area contributed by atoms with Crippen LogP contribution in [0.25, 0.3) is 0 Å². The van der Waals surface area contributed by atoms with Crippen LogP contribution in [-0.2, 0) is 0 Å². The van der Waals surface area contributed by atoms with E-state index in [-0.39, 0.29) is 0 Å². The zero-order chi connectivity index (χ0) is 9.97. The first-order valence-corrected chi connectivity index (χ1v) is 4.72. The van der Waals surface area contributed by atoms with Crippen LogP contribution in [-0.4, -0.2) is 13.2 Å². The summed E-state index contributed by atoms with van der Waals surface area (Å²) in [5, 5.41) is 11.9. The number of anilines is 1. The lowest BCUT2D eigenvalue weighted by atomic mass is 10.2. The maximum Gasteiger partial charge on any atom is 0.144 e. The van der Waals surface area contributed by atoms with Crippen LogP contribution in [0.15, 0.2) is 18.2 Å². The molecule has 3 nitrogen and oxygen atoms in total. The van der Waals surface area contributed by atoms with Crippen molar-refractivity contribution in [2.45, 2.75) is 18.9 Å². The van der Waals surface area contributed by atoms with Gasteiger partial charge in [0.05, 0.1) is 17.4 Å². The molecule has 1 aliphatic carbocycles. The molecule has 0 heterocycles. The lowest BCUT2D eigenvalue weighted by molar-refractivity contribution is 0.304. The molecular formula is C11H12N2O. The van der Waals surface area contributed by atoms with Crippen LogP contribution in [0.1, 0.15) is 18.4 Å². The molecule has 0 unspecified atom stereocenters. The highest BCUT2D eigenvalue weighted by Gasteiger charge is 2.24. The molecule has 0 aliphatic heterocycles. The maximum atomic E-state index is 8.88. The van der Waals surface area contributed by atoms with Crippen LogP contribution in [0.5, 0.6) is 5.75 Å². The summed E-state index contributed by atoms with van der Waals surface area (Å²) in [7, 11) is 1.80. The minimum Gasteiger partial charge on any atom is -0.488 e. The van der Waals surface area contributed by atoms with Crippen LogP contribution in [0.3, 0.4) is 0 Å². The lowest BCUT2D eigenvalue weighted by Gasteiger charge is -2.11. The zero-order valence-corrected chi connectivity index (χ0v) is 8.08. The second-order valence-electron chi connectivity index (χ2n) is 3.36. The van der Waals surface area contributed by atoms with Crippen molar-refractivity contribution in [1.82, 2.24) is 0 Å². The Bertz CT molecular complexity index is 377. The summed E-state index contributed by atoms with van der Waals surface area (Å²) in [4.78, 5) is 0. The SMILES string of the molecule is CNc1c(C#N)cccc1OC1CC1. The molecule has 1 N–H and O–H groups in total. The minimum absolute atomic E-state index is 0.357. The quantitative estimate of drug-likeness (QED) is 0.790. The molecule has 0 saturated heterocycles. The number of nitriles is 1. The highest BCUT2D eigenvalue weighted by molar-refractivity contribution is 5.66. The Labute approximate surface area is 83.3 Å². The van der Waals surface area contributed by atoms with Crippen molar-refractivity contribution in [2.24, 2.45) is 0 Å². The summed E-state index contributed by atoms with van der Waals surface area (Å²) in [5.74, 6) is 0.786. The second kappa shape index (κ2) is 3.59. The van der Waals surface area contributed by atoms with Crippen molar-refractivity contribution in [1.29, 1.82) is 5.26 Å². The molecule has 1 aromatic carbocycles. The van der Waals surface area contributed by atoms with Gasteiger partial charge in [0.2, 0.25) is 0 Å². The zero-order valence-electron chi connectivity index (χ0n) is 8.08. The molecule has 1 aliphatic rings. The summed E-state index contributed by atoms with van der Waals surface area (Å²) in [5.41, 5.74) is 1.42. The smallest absolute Gasteiger partial charge is 0.144 e.